The first kappa shape index (κ1) is 18.1. The third-order valence-electron chi connectivity index (χ3n) is 4.40. The van der Waals surface area contributed by atoms with Gasteiger partial charge in [0.25, 0.3) is 5.91 Å². The number of hydrogen-bond donors (Lipinski definition) is 1. The summed E-state index contributed by atoms with van der Waals surface area (Å²) >= 11 is 1.48. The fourth-order valence-corrected chi connectivity index (χ4v) is 4.11. The fourth-order valence-electron chi connectivity index (χ4n) is 2.90. The monoisotopic (exact) mass is 367 g/mol. The van der Waals surface area contributed by atoms with Crippen LogP contribution in [0.1, 0.15) is 32.8 Å². The second-order valence-electron chi connectivity index (χ2n) is 6.44. The first-order chi connectivity index (χ1) is 12.5. The molecule has 0 saturated carbocycles. The molecule has 0 aliphatic rings. The van der Waals surface area contributed by atoms with Crippen LogP contribution in [0.3, 0.4) is 0 Å². The van der Waals surface area contributed by atoms with Crippen molar-refractivity contribution >= 4 is 33.3 Å². The predicted molar refractivity (Wildman–Crippen MR) is 105 cm³/mol. The Morgan fingerprint density at radius 2 is 1.77 bits per heavy atom. The van der Waals surface area contributed by atoms with Crippen LogP contribution in [0.15, 0.2) is 48.5 Å². The van der Waals surface area contributed by atoms with Gasteiger partial charge in [-0.2, -0.15) is 0 Å². The molecule has 2 aromatic carbocycles. The van der Waals surface area contributed by atoms with Crippen molar-refractivity contribution in [2.24, 2.45) is 0 Å². The summed E-state index contributed by atoms with van der Waals surface area (Å²) in [5.74, 6) is -1.02. The molecule has 0 fully saturated rings. The lowest BCUT2D eigenvalue weighted by atomic mass is 10.0. The number of benzene rings is 2. The highest BCUT2D eigenvalue weighted by Crippen LogP contribution is 2.33. The van der Waals surface area contributed by atoms with Gasteiger partial charge in [-0.15, -0.1) is 11.3 Å². The first-order valence-electron chi connectivity index (χ1n) is 8.49. The third-order valence-corrected chi connectivity index (χ3v) is 5.60. The number of fused-ring (bicyclic) bond motifs is 1. The number of carbonyl (C=O) groups excluding carboxylic acids is 1. The zero-order valence-electron chi connectivity index (χ0n) is 14.9. The molecule has 26 heavy (non-hydrogen) atoms. The van der Waals surface area contributed by atoms with E-state index in [1.165, 1.54) is 21.8 Å². The zero-order chi connectivity index (χ0) is 18.7. The van der Waals surface area contributed by atoms with Gasteiger partial charge < -0.3 is 10.0 Å². The molecule has 1 heterocycles. The van der Waals surface area contributed by atoms with Crippen LogP contribution in [0.4, 0.5) is 0 Å². The Balaban J connectivity index is 1.97. The molecule has 1 aromatic heterocycles. The maximum absolute atomic E-state index is 12.9. The maximum Gasteiger partial charge on any atom is 0.305 e. The van der Waals surface area contributed by atoms with Crippen LogP contribution in [-0.2, 0) is 11.2 Å². The van der Waals surface area contributed by atoms with Gasteiger partial charge in [-0.05, 0) is 35.9 Å². The molecule has 3 rings (SSSR count). The number of carboxylic acid groups (broad SMARTS) is 1. The van der Waals surface area contributed by atoms with Gasteiger partial charge in [0.05, 0.1) is 11.3 Å². The lowest BCUT2D eigenvalue weighted by Gasteiger charge is -2.16. The Kier molecular flexibility index (Phi) is 5.38. The Morgan fingerprint density at radius 1 is 1.08 bits per heavy atom. The van der Waals surface area contributed by atoms with E-state index in [-0.39, 0.29) is 18.9 Å². The van der Waals surface area contributed by atoms with Gasteiger partial charge in [-0.25, -0.2) is 0 Å². The Bertz CT molecular complexity index is 944. The van der Waals surface area contributed by atoms with Crippen molar-refractivity contribution < 1.29 is 14.7 Å². The van der Waals surface area contributed by atoms with E-state index in [1.54, 1.807) is 7.05 Å². The maximum atomic E-state index is 12.9. The lowest BCUT2D eigenvalue weighted by Crippen LogP contribution is -2.29. The highest BCUT2D eigenvalue weighted by Gasteiger charge is 2.21. The lowest BCUT2D eigenvalue weighted by molar-refractivity contribution is -0.137. The fraction of sp³-hybridized carbons (Fsp3) is 0.238. The minimum Gasteiger partial charge on any atom is -0.481 e. The molecule has 134 valence electrons. The van der Waals surface area contributed by atoms with Crippen LogP contribution in [0.5, 0.6) is 0 Å². The molecule has 0 radical (unpaired) electrons. The van der Waals surface area contributed by atoms with Gasteiger partial charge >= 0.3 is 5.97 Å². The molecule has 0 aliphatic heterocycles. The third kappa shape index (κ3) is 3.94. The Hall–Kier alpha value is -2.66. The molecule has 0 bridgehead atoms. The van der Waals surface area contributed by atoms with E-state index < -0.39 is 5.97 Å². The van der Waals surface area contributed by atoms with Crippen molar-refractivity contribution in [1.29, 1.82) is 0 Å². The van der Waals surface area contributed by atoms with E-state index in [1.807, 2.05) is 24.3 Å². The van der Waals surface area contributed by atoms with Crippen LogP contribution in [0.2, 0.25) is 0 Å². The highest BCUT2D eigenvalue weighted by molar-refractivity contribution is 7.21. The standard InChI is InChI=1S/C21H21NO3S/c1-14-7-9-15(10-8-14)13-17-16-5-3-4-6-18(16)26-20(17)21(25)22(2)12-11-19(23)24/h3-10H,11-13H2,1-2H3,(H,23,24). The van der Waals surface area contributed by atoms with E-state index >= 15 is 0 Å². The van der Waals surface area contributed by atoms with E-state index in [0.717, 1.165) is 21.2 Å². The molecule has 3 aromatic rings. The number of carbonyl (C=O) groups is 2. The van der Waals surface area contributed by atoms with Crippen LogP contribution in [0.25, 0.3) is 10.1 Å². The molecule has 0 unspecified atom stereocenters. The molecule has 5 heteroatoms. The highest BCUT2D eigenvalue weighted by atomic mass is 32.1. The van der Waals surface area contributed by atoms with Crippen molar-refractivity contribution in [3.8, 4) is 0 Å². The van der Waals surface area contributed by atoms with E-state index in [4.69, 9.17) is 5.11 Å². The molecule has 0 aliphatic carbocycles. The van der Waals surface area contributed by atoms with Crippen LogP contribution < -0.4 is 0 Å². The number of aryl methyl sites for hydroxylation is 1. The molecule has 1 amide bonds. The molecule has 0 saturated heterocycles. The molecular weight excluding hydrogens is 346 g/mol. The van der Waals surface area contributed by atoms with Crippen LogP contribution in [-0.4, -0.2) is 35.5 Å². The van der Waals surface area contributed by atoms with Gasteiger partial charge in [0, 0.05) is 18.3 Å². The normalized spacial score (nSPS) is 10.8. The molecule has 1 N–H and O–H groups in total. The Labute approximate surface area is 156 Å². The number of rotatable bonds is 6. The minimum absolute atomic E-state index is 0.0551. The summed E-state index contributed by atoms with van der Waals surface area (Å²) in [5.41, 5.74) is 3.37. The number of thiophene rings is 1. The quantitative estimate of drug-likeness (QED) is 0.705. The number of carboxylic acids is 1. The van der Waals surface area contributed by atoms with Crippen molar-refractivity contribution in [3.05, 3.63) is 70.1 Å². The summed E-state index contributed by atoms with van der Waals surface area (Å²) < 4.78 is 1.07. The van der Waals surface area contributed by atoms with E-state index in [2.05, 4.69) is 31.2 Å². The molecule has 4 nitrogen and oxygen atoms in total. The van der Waals surface area contributed by atoms with E-state index in [9.17, 15) is 9.59 Å². The summed E-state index contributed by atoms with van der Waals surface area (Å²) in [4.78, 5) is 25.9. The summed E-state index contributed by atoms with van der Waals surface area (Å²) in [6.45, 7) is 2.25. The summed E-state index contributed by atoms with van der Waals surface area (Å²) in [7, 11) is 1.66. The summed E-state index contributed by atoms with van der Waals surface area (Å²) in [5, 5.41) is 9.96. The number of aliphatic carboxylic acids is 1. The van der Waals surface area contributed by atoms with Gasteiger partial charge in [-0.1, -0.05) is 48.0 Å². The summed E-state index contributed by atoms with van der Waals surface area (Å²) in [6, 6.07) is 16.3. The SMILES string of the molecule is Cc1ccc(Cc2c(C(=O)N(C)CCC(=O)O)sc3ccccc23)cc1. The predicted octanol–water partition coefficient (Wildman–Crippen LogP) is 4.35. The first-order valence-corrected chi connectivity index (χ1v) is 9.30. The smallest absolute Gasteiger partial charge is 0.305 e. The minimum atomic E-state index is -0.902. The van der Waals surface area contributed by atoms with Crippen molar-refractivity contribution in [2.75, 3.05) is 13.6 Å². The van der Waals surface area contributed by atoms with Crippen molar-refractivity contribution in [2.45, 2.75) is 19.8 Å². The molecule has 0 atom stereocenters. The van der Waals surface area contributed by atoms with Gasteiger partial charge in [0.2, 0.25) is 0 Å². The van der Waals surface area contributed by atoms with Crippen LogP contribution in [0, 0.1) is 6.92 Å². The van der Waals surface area contributed by atoms with Gasteiger partial charge in [0.15, 0.2) is 0 Å². The summed E-state index contributed by atoms with van der Waals surface area (Å²) in [6.07, 6.45) is 0.624. The second kappa shape index (κ2) is 7.70. The van der Waals surface area contributed by atoms with Crippen LogP contribution >= 0.6 is 11.3 Å². The molecular formula is C21H21NO3S. The van der Waals surface area contributed by atoms with Gasteiger partial charge in [-0.3, -0.25) is 9.59 Å². The number of nitrogens with zero attached hydrogens (tertiary/aromatic N) is 1. The number of amides is 1. The largest absolute Gasteiger partial charge is 0.481 e. The molecule has 0 spiro atoms. The average molecular weight is 367 g/mol. The van der Waals surface area contributed by atoms with Gasteiger partial charge in [0.1, 0.15) is 0 Å². The topological polar surface area (TPSA) is 57.6 Å². The Morgan fingerprint density at radius 3 is 2.46 bits per heavy atom. The number of hydrogen-bond acceptors (Lipinski definition) is 3. The van der Waals surface area contributed by atoms with Crippen molar-refractivity contribution in [1.82, 2.24) is 4.90 Å². The van der Waals surface area contributed by atoms with Crippen molar-refractivity contribution in [3.63, 3.8) is 0 Å². The van der Waals surface area contributed by atoms with E-state index in [0.29, 0.717) is 11.3 Å². The second-order valence-corrected chi connectivity index (χ2v) is 7.49. The average Bonchev–Trinajstić information content (AvgIpc) is 2.99. The zero-order valence-corrected chi connectivity index (χ0v) is 15.7.